The maximum atomic E-state index is 5.86. The third-order valence-electron chi connectivity index (χ3n) is 3.86. The van der Waals surface area contributed by atoms with Crippen LogP contribution >= 0.6 is 11.8 Å². The molecule has 7 heteroatoms. The largest absolute Gasteiger partial charge is 0.493 e. The van der Waals surface area contributed by atoms with E-state index >= 15 is 0 Å². The SMILES string of the molecule is COCOCCCOc1ccnc(CSc2nc3ccccc3[nH]2)c1C. The van der Waals surface area contributed by atoms with Gasteiger partial charge in [0.2, 0.25) is 0 Å². The van der Waals surface area contributed by atoms with Crippen molar-refractivity contribution in [3.63, 3.8) is 0 Å². The van der Waals surface area contributed by atoms with Gasteiger partial charge in [0, 0.05) is 31.0 Å². The quantitative estimate of drug-likeness (QED) is 0.330. The van der Waals surface area contributed by atoms with E-state index in [-0.39, 0.29) is 0 Å². The molecule has 1 aromatic carbocycles. The van der Waals surface area contributed by atoms with Gasteiger partial charge in [0.15, 0.2) is 5.16 Å². The molecule has 26 heavy (non-hydrogen) atoms. The molecule has 0 aliphatic heterocycles. The fourth-order valence-electron chi connectivity index (χ4n) is 2.48. The predicted molar refractivity (Wildman–Crippen MR) is 103 cm³/mol. The molecule has 138 valence electrons. The zero-order chi connectivity index (χ0) is 18.2. The van der Waals surface area contributed by atoms with Crippen LogP contribution in [0.5, 0.6) is 5.75 Å². The Morgan fingerprint density at radius 1 is 1.15 bits per heavy atom. The second-order valence-corrected chi connectivity index (χ2v) is 6.71. The molecule has 0 aliphatic carbocycles. The summed E-state index contributed by atoms with van der Waals surface area (Å²) < 4.78 is 16.0. The molecular formula is C19H23N3O3S. The maximum Gasteiger partial charge on any atom is 0.166 e. The average Bonchev–Trinajstić information content (AvgIpc) is 3.07. The van der Waals surface area contributed by atoms with E-state index in [0.717, 1.165) is 45.4 Å². The molecule has 0 bridgehead atoms. The van der Waals surface area contributed by atoms with E-state index in [1.807, 2.05) is 37.3 Å². The number of ether oxygens (including phenoxy) is 3. The van der Waals surface area contributed by atoms with Gasteiger partial charge in [-0.1, -0.05) is 23.9 Å². The lowest BCUT2D eigenvalue weighted by atomic mass is 10.2. The number of methoxy groups -OCH3 is 1. The molecule has 0 radical (unpaired) electrons. The van der Waals surface area contributed by atoms with Crippen molar-refractivity contribution in [1.82, 2.24) is 15.0 Å². The van der Waals surface area contributed by atoms with Crippen molar-refractivity contribution in [3.8, 4) is 5.75 Å². The van der Waals surface area contributed by atoms with Gasteiger partial charge in [-0.15, -0.1) is 0 Å². The standard InChI is InChI=1S/C19H23N3O3S/c1-14-17(12-26-19-21-15-6-3-4-7-16(15)22-19)20-9-8-18(14)25-11-5-10-24-13-23-2/h3-4,6-9H,5,10-13H2,1-2H3,(H,21,22). The molecule has 1 N–H and O–H groups in total. The number of aromatic amines is 1. The Labute approximate surface area is 157 Å². The lowest BCUT2D eigenvalue weighted by Crippen LogP contribution is -2.06. The van der Waals surface area contributed by atoms with Crippen molar-refractivity contribution in [1.29, 1.82) is 0 Å². The van der Waals surface area contributed by atoms with E-state index in [2.05, 4.69) is 15.0 Å². The molecule has 3 rings (SSSR count). The summed E-state index contributed by atoms with van der Waals surface area (Å²) in [7, 11) is 1.61. The number of hydrogen-bond donors (Lipinski definition) is 1. The second kappa shape index (κ2) is 9.56. The zero-order valence-electron chi connectivity index (χ0n) is 15.0. The minimum Gasteiger partial charge on any atom is -0.493 e. The minimum absolute atomic E-state index is 0.317. The summed E-state index contributed by atoms with van der Waals surface area (Å²) in [5.41, 5.74) is 4.09. The zero-order valence-corrected chi connectivity index (χ0v) is 15.8. The van der Waals surface area contributed by atoms with Gasteiger partial charge < -0.3 is 19.2 Å². The summed E-state index contributed by atoms with van der Waals surface area (Å²) in [6.45, 7) is 3.58. The number of thioether (sulfide) groups is 1. The van der Waals surface area contributed by atoms with Crippen molar-refractivity contribution in [2.75, 3.05) is 27.1 Å². The lowest BCUT2D eigenvalue weighted by molar-refractivity contribution is -0.0333. The van der Waals surface area contributed by atoms with E-state index in [4.69, 9.17) is 14.2 Å². The molecule has 2 heterocycles. The molecule has 0 atom stereocenters. The van der Waals surface area contributed by atoms with E-state index in [0.29, 0.717) is 20.0 Å². The van der Waals surface area contributed by atoms with Crippen LogP contribution in [0, 0.1) is 6.92 Å². The first-order chi connectivity index (χ1) is 12.8. The highest BCUT2D eigenvalue weighted by atomic mass is 32.2. The van der Waals surface area contributed by atoms with Gasteiger partial charge >= 0.3 is 0 Å². The van der Waals surface area contributed by atoms with Crippen LogP contribution in [0.25, 0.3) is 11.0 Å². The van der Waals surface area contributed by atoms with Crippen molar-refractivity contribution in [2.24, 2.45) is 0 Å². The highest BCUT2D eigenvalue weighted by Gasteiger charge is 2.09. The Morgan fingerprint density at radius 3 is 2.88 bits per heavy atom. The second-order valence-electron chi connectivity index (χ2n) is 5.75. The minimum atomic E-state index is 0.317. The van der Waals surface area contributed by atoms with Gasteiger partial charge in [0.05, 0.1) is 29.9 Å². The fraction of sp³-hybridized carbons (Fsp3) is 0.368. The number of nitrogens with one attached hydrogen (secondary N) is 1. The number of benzene rings is 1. The first-order valence-corrected chi connectivity index (χ1v) is 9.48. The Bertz CT molecular complexity index is 805. The highest BCUT2D eigenvalue weighted by Crippen LogP contribution is 2.27. The first-order valence-electron chi connectivity index (χ1n) is 8.49. The molecule has 6 nitrogen and oxygen atoms in total. The number of H-pyrrole nitrogens is 1. The molecule has 3 aromatic rings. The van der Waals surface area contributed by atoms with Gasteiger partial charge in [-0.2, -0.15) is 0 Å². The monoisotopic (exact) mass is 373 g/mol. The molecule has 0 unspecified atom stereocenters. The highest BCUT2D eigenvalue weighted by molar-refractivity contribution is 7.98. The molecule has 0 aliphatic rings. The Morgan fingerprint density at radius 2 is 2.04 bits per heavy atom. The molecule has 0 saturated carbocycles. The van der Waals surface area contributed by atoms with Gasteiger partial charge in [-0.25, -0.2) is 4.98 Å². The van der Waals surface area contributed by atoms with E-state index in [9.17, 15) is 0 Å². The molecule has 0 saturated heterocycles. The summed E-state index contributed by atoms with van der Waals surface area (Å²) in [6, 6.07) is 9.93. The molecule has 0 amide bonds. The number of pyridine rings is 1. The number of nitrogens with zero attached hydrogens (tertiary/aromatic N) is 2. The number of para-hydroxylation sites is 2. The van der Waals surface area contributed by atoms with Gasteiger partial charge in [0.25, 0.3) is 0 Å². The van der Waals surface area contributed by atoms with Crippen LogP contribution in [0.4, 0.5) is 0 Å². The molecule has 2 aromatic heterocycles. The molecule has 0 spiro atoms. The lowest BCUT2D eigenvalue weighted by Gasteiger charge is -2.11. The van der Waals surface area contributed by atoms with Crippen molar-refractivity contribution < 1.29 is 14.2 Å². The normalized spacial score (nSPS) is 11.2. The van der Waals surface area contributed by atoms with Crippen LogP contribution in [-0.2, 0) is 15.2 Å². The topological polar surface area (TPSA) is 69.3 Å². The van der Waals surface area contributed by atoms with Crippen LogP contribution in [0.1, 0.15) is 17.7 Å². The summed E-state index contributed by atoms with van der Waals surface area (Å²) >= 11 is 1.64. The predicted octanol–water partition coefficient (Wildman–Crippen LogP) is 3.95. The third-order valence-corrected chi connectivity index (χ3v) is 4.75. The Balaban J connectivity index is 1.54. The summed E-state index contributed by atoms with van der Waals surface area (Å²) in [6.07, 6.45) is 2.60. The number of fused-ring (bicyclic) bond motifs is 1. The average molecular weight is 373 g/mol. The maximum absolute atomic E-state index is 5.86. The van der Waals surface area contributed by atoms with E-state index in [1.54, 1.807) is 25.1 Å². The fourth-order valence-corrected chi connectivity index (χ4v) is 3.39. The number of aromatic nitrogens is 3. The van der Waals surface area contributed by atoms with Crippen LogP contribution < -0.4 is 4.74 Å². The summed E-state index contributed by atoms with van der Waals surface area (Å²) in [4.78, 5) is 12.4. The van der Waals surface area contributed by atoms with Crippen LogP contribution in [0.15, 0.2) is 41.7 Å². The van der Waals surface area contributed by atoms with E-state index < -0.39 is 0 Å². The van der Waals surface area contributed by atoms with E-state index in [1.165, 1.54) is 0 Å². The Kier molecular flexibility index (Phi) is 6.88. The van der Waals surface area contributed by atoms with Gasteiger partial charge in [-0.3, -0.25) is 4.98 Å². The number of imidazole rings is 1. The Hall–Kier alpha value is -2.09. The van der Waals surface area contributed by atoms with Crippen molar-refractivity contribution in [3.05, 3.63) is 47.8 Å². The number of hydrogen-bond acceptors (Lipinski definition) is 6. The van der Waals surface area contributed by atoms with Crippen LogP contribution in [-0.4, -0.2) is 42.1 Å². The van der Waals surface area contributed by atoms with Crippen molar-refractivity contribution in [2.45, 2.75) is 24.3 Å². The van der Waals surface area contributed by atoms with Gasteiger partial charge in [-0.05, 0) is 25.1 Å². The van der Waals surface area contributed by atoms with Crippen LogP contribution in [0.3, 0.4) is 0 Å². The van der Waals surface area contributed by atoms with Gasteiger partial charge in [0.1, 0.15) is 12.5 Å². The first kappa shape index (κ1) is 18.7. The summed E-state index contributed by atoms with van der Waals surface area (Å²) in [5, 5.41) is 0.897. The third kappa shape index (κ3) is 4.97. The number of rotatable bonds is 10. The molecular weight excluding hydrogens is 350 g/mol. The van der Waals surface area contributed by atoms with Crippen molar-refractivity contribution >= 4 is 22.8 Å². The molecule has 0 fully saturated rings. The smallest absolute Gasteiger partial charge is 0.166 e. The van der Waals surface area contributed by atoms with Crippen LogP contribution in [0.2, 0.25) is 0 Å². The summed E-state index contributed by atoms with van der Waals surface area (Å²) in [5.74, 6) is 1.60.